The van der Waals surface area contributed by atoms with E-state index in [1.165, 1.54) is 270 Å². The second-order valence-electron chi connectivity index (χ2n) is 16.0. The maximum atomic E-state index is 2.35. The van der Waals surface area contributed by atoms with Gasteiger partial charge in [-0.1, -0.05) is 290 Å². The fraction of sp³-hybridized carbons (Fsp3) is 1.00. The molecule has 0 amide bonds. The van der Waals surface area contributed by atoms with Crippen molar-refractivity contribution in [2.45, 2.75) is 290 Å². The fourth-order valence-electron chi connectivity index (χ4n) is 7.79. The SMILES string of the molecule is CCCCCCCCCCCCCCCCCCCCCCC(CCCCCC)CCCCCCCCCCCCCCCCC. The van der Waals surface area contributed by atoms with Crippen LogP contribution in [0.1, 0.15) is 290 Å². The Bertz CT molecular complexity index is 494. The zero-order chi connectivity index (χ0) is 33.3. The van der Waals surface area contributed by atoms with Crippen molar-refractivity contribution in [1.82, 2.24) is 0 Å². The third-order valence-electron chi connectivity index (χ3n) is 11.1. The van der Waals surface area contributed by atoms with E-state index in [2.05, 4.69) is 20.8 Å². The van der Waals surface area contributed by atoms with Gasteiger partial charge in [0.15, 0.2) is 0 Å². The summed E-state index contributed by atoms with van der Waals surface area (Å²) in [6.45, 7) is 6.98. The normalized spacial score (nSPS) is 12.3. The van der Waals surface area contributed by atoms with E-state index < -0.39 is 0 Å². The largest absolute Gasteiger partial charge is 0.0654 e. The van der Waals surface area contributed by atoms with Crippen molar-refractivity contribution < 1.29 is 0 Å². The van der Waals surface area contributed by atoms with Gasteiger partial charge in [0, 0.05) is 0 Å². The quantitative estimate of drug-likeness (QED) is 0.0579. The molecule has 0 aliphatic heterocycles. The zero-order valence-corrected chi connectivity index (χ0v) is 33.3. The molecule has 0 aliphatic carbocycles. The van der Waals surface area contributed by atoms with Gasteiger partial charge in [-0.15, -0.1) is 0 Å². The first-order chi connectivity index (χ1) is 22.8. The highest BCUT2D eigenvalue weighted by molar-refractivity contribution is 4.62. The highest BCUT2D eigenvalue weighted by atomic mass is 14.1. The lowest BCUT2D eigenvalue weighted by molar-refractivity contribution is 0.366. The Labute approximate surface area is 295 Å². The minimum atomic E-state index is 1.04. The summed E-state index contributed by atoms with van der Waals surface area (Å²) in [5, 5.41) is 0. The van der Waals surface area contributed by atoms with Crippen LogP contribution in [0.3, 0.4) is 0 Å². The Morgan fingerprint density at radius 2 is 0.304 bits per heavy atom. The minimum absolute atomic E-state index is 1.04. The predicted octanol–water partition coefficient (Wildman–Crippen LogP) is 18.0. The van der Waals surface area contributed by atoms with E-state index in [1.54, 1.807) is 0 Å². The molecule has 0 nitrogen and oxygen atoms in total. The lowest BCUT2D eigenvalue weighted by atomic mass is 9.89. The number of unbranched alkanes of at least 4 members (excludes halogenated alkanes) is 36. The molecule has 0 rings (SSSR count). The van der Waals surface area contributed by atoms with Gasteiger partial charge in [-0.2, -0.15) is 0 Å². The van der Waals surface area contributed by atoms with Crippen molar-refractivity contribution in [3.05, 3.63) is 0 Å². The van der Waals surface area contributed by atoms with Crippen LogP contribution in [0.15, 0.2) is 0 Å². The average molecular weight is 647 g/mol. The molecule has 1 unspecified atom stereocenters. The molecule has 0 spiro atoms. The van der Waals surface area contributed by atoms with E-state index in [1.807, 2.05) is 0 Å². The summed E-state index contributed by atoms with van der Waals surface area (Å²) in [7, 11) is 0. The van der Waals surface area contributed by atoms with Crippen LogP contribution in [0.25, 0.3) is 0 Å². The minimum Gasteiger partial charge on any atom is -0.0654 e. The number of hydrogen-bond acceptors (Lipinski definition) is 0. The monoisotopic (exact) mass is 647 g/mol. The van der Waals surface area contributed by atoms with Crippen LogP contribution in [0, 0.1) is 5.92 Å². The molecule has 0 aromatic carbocycles. The van der Waals surface area contributed by atoms with Crippen molar-refractivity contribution >= 4 is 0 Å². The van der Waals surface area contributed by atoms with E-state index in [9.17, 15) is 0 Å². The third-order valence-corrected chi connectivity index (χ3v) is 11.1. The summed E-state index contributed by atoms with van der Waals surface area (Å²) < 4.78 is 0. The predicted molar refractivity (Wildman–Crippen MR) is 214 cm³/mol. The molecule has 0 aromatic heterocycles. The van der Waals surface area contributed by atoms with Gasteiger partial charge in [-0.25, -0.2) is 0 Å². The van der Waals surface area contributed by atoms with Gasteiger partial charge in [0.2, 0.25) is 0 Å². The molecule has 0 bridgehead atoms. The van der Waals surface area contributed by atoms with Crippen LogP contribution in [0.2, 0.25) is 0 Å². The first kappa shape index (κ1) is 46.0. The molecule has 0 radical (unpaired) electrons. The maximum absolute atomic E-state index is 2.35. The molecule has 0 aliphatic rings. The molecule has 46 heavy (non-hydrogen) atoms. The van der Waals surface area contributed by atoms with Gasteiger partial charge >= 0.3 is 0 Å². The van der Waals surface area contributed by atoms with E-state index in [-0.39, 0.29) is 0 Å². The van der Waals surface area contributed by atoms with Crippen molar-refractivity contribution in [2.24, 2.45) is 5.92 Å². The van der Waals surface area contributed by atoms with Gasteiger partial charge in [-0.3, -0.25) is 0 Å². The standard InChI is InChI=1S/C46H94/c1-4-7-10-13-15-17-19-21-23-24-25-26-27-29-31-33-35-37-39-42-45-46(43-40-12-9-6-3)44-41-38-36-34-32-30-28-22-20-18-16-14-11-8-5-2/h46H,4-45H2,1-3H3. The highest BCUT2D eigenvalue weighted by Crippen LogP contribution is 2.25. The van der Waals surface area contributed by atoms with Gasteiger partial charge in [0.05, 0.1) is 0 Å². The fourth-order valence-corrected chi connectivity index (χ4v) is 7.79. The number of rotatable bonds is 42. The van der Waals surface area contributed by atoms with Gasteiger partial charge < -0.3 is 0 Å². The topological polar surface area (TPSA) is 0 Å². The Morgan fingerprint density at radius 3 is 0.478 bits per heavy atom. The second-order valence-corrected chi connectivity index (χ2v) is 16.0. The summed E-state index contributed by atoms with van der Waals surface area (Å²) in [6.07, 6.45) is 62.3. The van der Waals surface area contributed by atoms with E-state index in [0.29, 0.717) is 0 Å². The Kier molecular flexibility index (Phi) is 43.0. The third kappa shape index (κ3) is 40.2. The van der Waals surface area contributed by atoms with Crippen molar-refractivity contribution in [1.29, 1.82) is 0 Å². The molecule has 0 N–H and O–H groups in total. The number of hydrogen-bond donors (Lipinski definition) is 0. The second kappa shape index (κ2) is 43.0. The van der Waals surface area contributed by atoms with Crippen LogP contribution in [-0.4, -0.2) is 0 Å². The average Bonchev–Trinajstić information content (AvgIpc) is 3.07. The zero-order valence-electron chi connectivity index (χ0n) is 33.3. The highest BCUT2D eigenvalue weighted by Gasteiger charge is 2.09. The smallest absolute Gasteiger partial charge is 0.0414 e. The van der Waals surface area contributed by atoms with Crippen molar-refractivity contribution in [3.8, 4) is 0 Å². The molecule has 278 valence electrons. The molecule has 0 heterocycles. The van der Waals surface area contributed by atoms with E-state index in [4.69, 9.17) is 0 Å². The molecular weight excluding hydrogens is 553 g/mol. The first-order valence-corrected chi connectivity index (χ1v) is 22.8. The molecule has 0 saturated carbocycles. The van der Waals surface area contributed by atoms with Gasteiger partial charge in [0.1, 0.15) is 0 Å². The summed E-state index contributed by atoms with van der Waals surface area (Å²) in [5.41, 5.74) is 0. The summed E-state index contributed by atoms with van der Waals surface area (Å²) in [4.78, 5) is 0. The van der Waals surface area contributed by atoms with Crippen LogP contribution in [0.4, 0.5) is 0 Å². The first-order valence-electron chi connectivity index (χ1n) is 22.8. The lowest BCUT2D eigenvalue weighted by Gasteiger charge is -2.17. The van der Waals surface area contributed by atoms with Crippen LogP contribution in [0.5, 0.6) is 0 Å². The molecule has 0 heteroatoms. The van der Waals surface area contributed by atoms with E-state index >= 15 is 0 Å². The summed E-state index contributed by atoms with van der Waals surface area (Å²) in [6, 6.07) is 0. The van der Waals surface area contributed by atoms with Crippen LogP contribution >= 0.6 is 0 Å². The lowest BCUT2D eigenvalue weighted by Crippen LogP contribution is -2.01. The van der Waals surface area contributed by atoms with Gasteiger partial charge in [0.25, 0.3) is 0 Å². The van der Waals surface area contributed by atoms with Crippen molar-refractivity contribution in [2.75, 3.05) is 0 Å². The van der Waals surface area contributed by atoms with Crippen molar-refractivity contribution in [3.63, 3.8) is 0 Å². The molecule has 1 atom stereocenters. The Morgan fingerprint density at radius 1 is 0.174 bits per heavy atom. The van der Waals surface area contributed by atoms with E-state index in [0.717, 1.165) is 5.92 Å². The Hall–Kier alpha value is 0. The summed E-state index contributed by atoms with van der Waals surface area (Å²) >= 11 is 0. The summed E-state index contributed by atoms with van der Waals surface area (Å²) in [5.74, 6) is 1.04. The van der Waals surface area contributed by atoms with Crippen LogP contribution in [-0.2, 0) is 0 Å². The maximum Gasteiger partial charge on any atom is -0.0414 e. The molecule has 0 aromatic rings. The van der Waals surface area contributed by atoms with Crippen LogP contribution < -0.4 is 0 Å². The Balaban J connectivity index is 3.56. The molecular formula is C46H94. The molecule has 0 fully saturated rings. The molecule has 0 saturated heterocycles. The van der Waals surface area contributed by atoms with Gasteiger partial charge in [-0.05, 0) is 5.92 Å².